The Bertz CT molecular complexity index is 286. The van der Waals surface area contributed by atoms with Crippen LogP contribution in [0.3, 0.4) is 0 Å². The van der Waals surface area contributed by atoms with Crippen LogP contribution in [-0.2, 0) is 6.42 Å². The number of fused-ring (bicyclic) bond motifs is 1. The van der Waals surface area contributed by atoms with E-state index in [0.717, 1.165) is 18.9 Å². The molecule has 15 heavy (non-hydrogen) atoms. The van der Waals surface area contributed by atoms with Crippen molar-refractivity contribution in [2.75, 3.05) is 6.54 Å². The molecule has 1 atom stereocenters. The van der Waals surface area contributed by atoms with Crippen molar-refractivity contribution in [2.45, 2.75) is 32.7 Å². The summed E-state index contributed by atoms with van der Waals surface area (Å²) in [6.45, 7) is 5.58. The third-order valence-corrected chi connectivity index (χ3v) is 2.55. The first kappa shape index (κ1) is 14.8. The summed E-state index contributed by atoms with van der Waals surface area (Å²) in [4.78, 5) is 7.58. The topological polar surface area (TPSA) is 40.7 Å². The smallest absolute Gasteiger partial charge is 0.0925 e. The second-order valence-electron chi connectivity index (χ2n) is 4.15. The Morgan fingerprint density at radius 1 is 1.47 bits per heavy atom. The maximum Gasteiger partial charge on any atom is 0.0925 e. The van der Waals surface area contributed by atoms with Crippen molar-refractivity contribution in [1.29, 1.82) is 0 Å². The van der Waals surface area contributed by atoms with Gasteiger partial charge in [-0.3, -0.25) is 0 Å². The Kier molecular flexibility index (Phi) is 6.25. The van der Waals surface area contributed by atoms with Gasteiger partial charge in [-0.05, 0) is 12.3 Å². The number of nitrogens with zero attached hydrogens (tertiary/aromatic N) is 1. The molecule has 1 unspecified atom stereocenters. The van der Waals surface area contributed by atoms with Crippen LogP contribution in [0.15, 0.2) is 6.33 Å². The Labute approximate surface area is 103 Å². The summed E-state index contributed by atoms with van der Waals surface area (Å²) in [5.74, 6) is 0.722. The average Bonchev–Trinajstić information content (AvgIpc) is 2.51. The van der Waals surface area contributed by atoms with Crippen molar-refractivity contribution in [3.8, 4) is 0 Å². The molecular weight excluding hydrogens is 233 g/mol. The Morgan fingerprint density at radius 3 is 2.87 bits per heavy atom. The van der Waals surface area contributed by atoms with Crippen LogP contribution in [0.5, 0.6) is 0 Å². The molecule has 2 heterocycles. The Balaban J connectivity index is 0.000000980. The van der Waals surface area contributed by atoms with E-state index in [0.29, 0.717) is 6.04 Å². The maximum atomic E-state index is 4.37. The second kappa shape index (κ2) is 6.36. The molecule has 0 aliphatic carbocycles. The van der Waals surface area contributed by atoms with Crippen molar-refractivity contribution in [3.63, 3.8) is 0 Å². The zero-order valence-corrected chi connectivity index (χ0v) is 10.8. The first-order valence-corrected chi connectivity index (χ1v) is 5.03. The molecule has 0 fully saturated rings. The molecule has 1 aliphatic rings. The first-order valence-electron chi connectivity index (χ1n) is 5.03. The number of H-pyrrole nitrogens is 1. The van der Waals surface area contributed by atoms with Gasteiger partial charge in [-0.2, -0.15) is 0 Å². The molecule has 2 N–H and O–H groups in total. The van der Waals surface area contributed by atoms with Crippen LogP contribution >= 0.6 is 24.8 Å². The summed E-state index contributed by atoms with van der Waals surface area (Å²) in [7, 11) is 0. The minimum absolute atomic E-state index is 0. The summed E-state index contributed by atoms with van der Waals surface area (Å²) in [5, 5.41) is 3.51. The van der Waals surface area contributed by atoms with E-state index in [4.69, 9.17) is 0 Å². The Hall–Kier alpha value is -0.250. The fourth-order valence-electron chi connectivity index (χ4n) is 1.97. The van der Waals surface area contributed by atoms with E-state index < -0.39 is 0 Å². The van der Waals surface area contributed by atoms with Crippen LogP contribution in [0, 0.1) is 5.92 Å². The van der Waals surface area contributed by atoms with E-state index in [1.165, 1.54) is 17.8 Å². The number of hydrogen-bond donors (Lipinski definition) is 2. The quantitative estimate of drug-likeness (QED) is 0.849. The number of aromatic amines is 1. The molecule has 0 bridgehead atoms. The summed E-state index contributed by atoms with van der Waals surface area (Å²) in [5.41, 5.74) is 2.56. The third kappa shape index (κ3) is 3.37. The zero-order chi connectivity index (χ0) is 9.26. The predicted octanol–water partition coefficient (Wildman–Crippen LogP) is 2.49. The summed E-state index contributed by atoms with van der Waals surface area (Å²) in [6.07, 6.45) is 4.08. The molecule has 0 radical (unpaired) electrons. The van der Waals surface area contributed by atoms with Crippen molar-refractivity contribution in [3.05, 3.63) is 17.7 Å². The highest BCUT2D eigenvalue weighted by molar-refractivity contribution is 5.85. The van der Waals surface area contributed by atoms with Gasteiger partial charge in [0.15, 0.2) is 0 Å². The van der Waals surface area contributed by atoms with Crippen molar-refractivity contribution < 1.29 is 0 Å². The molecule has 1 aromatic heterocycles. The van der Waals surface area contributed by atoms with E-state index in [1.807, 2.05) is 6.33 Å². The van der Waals surface area contributed by atoms with E-state index in [-0.39, 0.29) is 24.8 Å². The molecule has 0 amide bonds. The number of nitrogens with one attached hydrogen (secondary N) is 2. The Morgan fingerprint density at radius 2 is 2.20 bits per heavy atom. The molecule has 88 valence electrons. The molecule has 2 rings (SSSR count). The van der Waals surface area contributed by atoms with Gasteiger partial charge in [0.2, 0.25) is 0 Å². The van der Waals surface area contributed by atoms with Crippen LogP contribution in [0.4, 0.5) is 0 Å². The third-order valence-electron chi connectivity index (χ3n) is 2.55. The highest BCUT2D eigenvalue weighted by Crippen LogP contribution is 2.24. The minimum Gasteiger partial charge on any atom is -0.348 e. The number of hydrogen-bond acceptors (Lipinski definition) is 2. The standard InChI is InChI=1S/C10H17N3.2ClH/c1-7(2)5-9-10-8(3-4-11-9)12-6-13-10;;/h6-7,9,11H,3-5H2,1-2H3,(H,12,13);2*1H. The van der Waals surface area contributed by atoms with E-state index in [9.17, 15) is 0 Å². The van der Waals surface area contributed by atoms with Gasteiger partial charge in [-0.15, -0.1) is 24.8 Å². The lowest BCUT2D eigenvalue weighted by Gasteiger charge is -2.24. The van der Waals surface area contributed by atoms with Crippen LogP contribution in [0.25, 0.3) is 0 Å². The normalized spacial score (nSPS) is 19.0. The highest BCUT2D eigenvalue weighted by Gasteiger charge is 2.22. The van der Waals surface area contributed by atoms with Gasteiger partial charge in [0.1, 0.15) is 0 Å². The second-order valence-corrected chi connectivity index (χ2v) is 4.15. The largest absolute Gasteiger partial charge is 0.348 e. The minimum atomic E-state index is 0. The molecule has 0 aromatic carbocycles. The lowest BCUT2D eigenvalue weighted by Crippen LogP contribution is -2.30. The van der Waals surface area contributed by atoms with Crippen molar-refractivity contribution in [1.82, 2.24) is 15.3 Å². The van der Waals surface area contributed by atoms with Crippen LogP contribution in [0.2, 0.25) is 0 Å². The fourth-order valence-corrected chi connectivity index (χ4v) is 1.97. The first-order chi connectivity index (χ1) is 6.27. The molecule has 5 heteroatoms. The van der Waals surface area contributed by atoms with Crippen LogP contribution in [0.1, 0.15) is 37.7 Å². The molecule has 3 nitrogen and oxygen atoms in total. The molecule has 0 spiro atoms. The monoisotopic (exact) mass is 251 g/mol. The van der Waals surface area contributed by atoms with Crippen molar-refractivity contribution >= 4 is 24.8 Å². The summed E-state index contributed by atoms with van der Waals surface area (Å²) >= 11 is 0. The lowest BCUT2D eigenvalue weighted by molar-refractivity contribution is 0.406. The summed E-state index contributed by atoms with van der Waals surface area (Å²) in [6, 6.07) is 0.468. The van der Waals surface area contributed by atoms with Gasteiger partial charge in [0.05, 0.1) is 18.1 Å². The molecule has 0 saturated carbocycles. The van der Waals surface area contributed by atoms with Gasteiger partial charge in [-0.25, -0.2) is 4.98 Å². The van der Waals surface area contributed by atoms with Gasteiger partial charge < -0.3 is 10.3 Å². The molecule has 1 aliphatic heterocycles. The summed E-state index contributed by atoms with van der Waals surface area (Å²) < 4.78 is 0. The highest BCUT2D eigenvalue weighted by atomic mass is 35.5. The molecule has 0 saturated heterocycles. The van der Waals surface area contributed by atoms with E-state index in [1.54, 1.807) is 0 Å². The van der Waals surface area contributed by atoms with E-state index in [2.05, 4.69) is 29.1 Å². The van der Waals surface area contributed by atoms with Crippen LogP contribution in [-0.4, -0.2) is 16.5 Å². The van der Waals surface area contributed by atoms with Crippen molar-refractivity contribution in [2.24, 2.45) is 5.92 Å². The van der Waals surface area contributed by atoms with Gasteiger partial charge >= 0.3 is 0 Å². The van der Waals surface area contributed by atoms with Gasteiger partial charge in [0, 0.05) is 18.7 Å². The van der Waals surface area contributed by atoms with Gasteiger partial charge in [0.25, 0.3) is 0 Å². The number of aromatic nitrogens is 2. The number of halogens is 2. The molecular formula is C10H19Cl2N3. The fraction of sp³-hybridized carbons (Fsp3) is 0.700. The number of imidazole rings is 1. The average molecular weight is 252 g/mol. The number of rotatable bonds is 2. The zero-order valence-electron chi connectivity index (χ0n) is 9.12. The predicted molar refractivity (Wildman–Crippen MR) is 67.0 cm³/mol. The SMILES string of the molecule is CC(C)CC1NCCc2[nH]cnc21.Cl.Cl. The lowest BCUT2D eigenvalue weighted by atomic mass is 9.97. The van der Waals surface area contributed by atoms with Gasteiger partial charge in [-0.1, -0.05) is 13.8 Å². The maximum absolute atomic E-state index is 4.37. The molecule has 1 aromatic rings. The van der Waals surface area contributed by atoms with E-state index >= 15 is 0 Å². The van der Waals surface area contributed by atoms with Crippen LogP contribution < -0.4 is 5.32 Å².